The Bertz CT molecular complexity index is 816. The second-order valence-corrected chi connectivity index (χ2v) is 7.49. The number of nitriles is 1. The average Bonchev–Trinajstić information content (AvgIpc) is 2.74. The lowest BCUT2D eigenvalue weighted by Gasteiger charge is -2.22. The summed E-state index contributed by atoms with van der Waals surface area (Å²) in [6.45, 7) is 2.10. The van der Waals surface area contributed by atoms with Crippen LogP contribution in [0, 0.1) is 11.3 Å². The summed E-state index contributed by atoms with van der Waals surface area (Å²) in [5, 5.41) is 8.88. The monoisotopic (exact) mass is 355 g/mol. The molecule has 0 fully saturated rings. The maximum atomic E-state index is 8.88. The molecule has 0 heterocycles. The van der Waals surface area contributed by atoms with Gasteiger partial charge < -0.3 is 0 Å². The molecule has 1 aliphatic carbocycles. The Hall–Kier alpha value is -2.59. The zero-order chi connectivity index (χ0) is 18.9. The molecule has 0 saturated heterocycles. The molecule has 138 valence electrons. The predicted octanol–water partition coefficient (Wildman–Crippen LogP) is 6.89. The standard InChI is InChI=1S/C26H29N/c1-2-3-4-5-21-12-16-25(17-13-21)26-18-14-23(15-19-26)7-6-22-8-10-24(20-27)11-9-22/h2-3,8-12,14-15,18-19,25H,4-7,13,16-17H2,1H3. The van der Waals surface area contributed by atoms with E-state index in [0.717, 1.165) is 18.4 Å². The molecule has 0 aliphatic heterocycles. The molecule has 0 saturated carbocycles. The molecular formula is C26H29N. The fraction of sp³-hybridized carbons (Fsp3) is 0.346. The molecule has 1 heteroatoms. The number of nitrogens with zero attached hydrogens (tertiary/aromatic N) is 1. The maximum absolute atomic E-state index is 8.88. The molecule has 1 nitrogen and oxygen atoms in total. The minimum atomic E-state index is 0.683. The fourth-order valence-electron chi connectivity index (χ4n) is 3.84. The Morgan fingerprint density at radius 3 is 2.19 bits per heavy atom. The Kier molecular flexibility index (Phi) is 7.05. The van der Waals surface area contributed by atoms with E-state index in [1.807, 2.05) is 12.1 Å². The summed E-state index contributed by atoms with van der Waals surface area (Å²) >= 11 is 0. The largest absolute Gasteiger partial charge is 0.192 e. The number of hydrogen-bond donors (Lipinski definition) is 0. The average molecular weight is 356 g/mol. The van der Waals surface area contributed by atoms with E-state index in [0.29, 0.717) is 5.92 Å². The summed E-state index contributed by atoms with van der Waals surface area (Å²) in [6, 6.07) is 19.4. The first kappa shape index (κ1) is 19.2. The molecule has 3 rings (SSSR count). The van der Waals surface area contributed by atoms with Gasteiger partial charge in [0.25, 0.3) is 0 Å². The van der Waals surface area contributed by atoms with Crippen LogP contribution in [0.5, 0.6) is 0 Å². The highest BCUT2D eigenvalue weighted by Gasteiger charge is 2.15. The van der Waals surface area contributed by atoms with Gasteiger partial charge in [0.15, 0.2) is 0 Å². The lowest BCUT2D eigenvalue weighted by molar-refractivity contribution is 0.586. The molecule has 2 aromatic carbocycles. The van der Waals surface area contributed by atoms with Crippen LogP contribution in [0.3, 0.4) is 0 Å². The molecule has 27 heavy (non-hydrogen) atoms. The number of hydrogen-bond acceptors (Lipinski definition) is 1. The van der Waals surface area contributed by atoms with E-state index < -0.39 is 0 Å². The number of benzene rings is 2. The number of aryl methyl sites for hydroxylation is 2. The Morgan fingerprint density at radius 1 is 0.963 bits per heavy atom. The van der Waals surface area contributed by atoms with Gasteiger partial charge in [-0.3, -0.25) is 0 Å². The highest BCUT2D eigenvalue weighted by molar-refractivity contribution is 5.33. The van der Waals surface area contributed by atoms with Crippen molar-refractivity contribution in [1.29, 1.82) is 5.26 Å². The Labute approximate surface area is 164 Å². The van der Waals surface area contributed by atoms with E-state index in [-0.39, 0.29) is 0 Å². The van der Waals surface area contributed by atoms with E-state index in [1.165, 1.54) is 48.8 Å². The molecule has 0 bridgehead atoms. The normalized spacial score (nSPS) is 16.9. The van der Waals surface area contributed by atoms with Crippen LogP contribution in [0.2, 0.25) is 0 Å². The smallest absolute Gasteiger partial charge is 0.0991 e. The van der Waals surface area contributed by atoms with Gasteiger partial charge in [0, 0.05) is 0 Å². The van der Waals surface area contributed by atoms with Crippen molar-refractivity contribution in [2.24, 2.45) is 0 Å². The van der Waals surface area contributed by atoms with Crippen molar-refractivity contribution in [1.82, 2.24) is 0 Å². The SMILES string of the molecule is CC=CCCC1=CCC(c2ccc(CCc3ccc(C#N)cc3)cc2)CC1. The Morgan fingerprint density at radius 2 is 1.63 bits per heavy atom. The number of rotatable bonds is 7. The highest BCUT2D eigenvalue weighted by Crippen LogP contribution is 2.33. The molecule has 0 radical (unpaired) electrons. The van der Waals surface area contributed by atoms with Crippen LogP contribution in [0.15, 0.2) is 72.3 Å². The number of allylic oxidation sites excluding steroid dienone is 4. The first-order valence-corrected chi connectivity index (χ1v) is 10.2. The third-order valence-electron chi connectivity index (χ3n) is 5.61. The zero-order valence-electron chi connectivity index (χ0n) is 16.3. The van der Waals surface area contributed by atoms with E-state index in [1.54, 1.807) is 5.57 Å². The molecule has 0 N–H and O–H groups in total. The first-order valence-electron chi connectivity index (χ1n) is 10.2. The lowest BCUT2D eigenvalue weighted by atomic mass is 9.83. The third kappa shape index (κ3) is 5.69. The van der Waals surface area contributed by atoms with Crippen LogP contribution >= 0.6 is 0 Å². The quantitative estimate of drug-likeness (QED) is 0.496. The molecule has 0 amide bonds. The van der Waals surface area contributed by atoms with Crippen molar-refractivity contribution in [3.63, 3.8) is 0 Å². The second kappa shape index (κ2) is 9.93. The zero-order valence-corrected chi connectivity index (χ0v) is 16.3. The summed E-state index contributed by atoms with van der Waals surface area (Å²) in [5.41, 5.74) is 6.54. The van der Waals surface area contributed by atoms with Crippen molar-refractivity contribution < 1.29 is 0 Å². The van der Waals surface area contributed by atoms with Crippen molar-refractivity contribution in [2.45, 2.75) is 57.8 Å². The second-order valence-electron chi connectivity index (χ2n) is 7.49. The van der Waals surface area contributed by atoms with Gasteiger partial charge in [-0.25, -0.2) is 0 Å². The van der Waals surface area contributed by atoms with Gasteiger partial charge in [-0.05, 0) is 86.6 Å². The van der Waals surface area contributed by atoms with Gasteiger partial charge in [-0.2, -0.15) is 5.26 Å². The Balaban J connectivity index is 1.50. The molecule has 2 aromatic rings. The van der Waals surface area contributed by atoms with Crippen LogP contribution in [0.1, 0.15) is 67.2 Å². The first-order chi connectivity index (χ1) is 13.3. The van der Waals surface area contributed by atoms with Crippen molar-refractivity contribution in [3.05, 3.63) is 94.6 Å². The van der Waals surface area contributed by atoms with Gasteiger partial charge in [0.2, 0.25) is 0 Å². The molecule has 0 aromatic heterocycles. The van der Waals surface area contributed by atoms with Gasteiger partial charge >= 0.3 is 0 Å². The highest BCUT2D eigenvalue weighted by atomic mass is 14.2. The van der Waals surface area contributed by atoms with Gasteiger partial charge in [0.1, 0.15) is 0 Å². The van der Waals surface area contributed by atoms with E-state index >= 15 is 0 Å². The molecule has 0 spiro atoms. The van der Waals surface area contributed by atoms with Crippen molar-refractivity contribution in [3.8, 4) is 6.07 Å². The van der Waals surface area contributed by atoms with Crippen LogP contribution in [-0.2, 0) is 12.8 Å². The summed E-state index contributed by atoms with van der Waals surface area (Å²) in [5.74, 6) is 0.683. The van der Waals surface area contributed by atoms with Crippen LogP contribution in [0.25, 0.3) is 0 Å². The van der Waals surface area contributed by atoms with Crippen LogP contribution in [0.4, 0.5) is 0 Å². The summed E-state index contributed by atoms with van der Waals surface area (Å²) in [4.78, 5) is 0. The van der Waals surface area contributed by atoms with E-state index in [9.17, 15) is 0 Å². The van der Waals surface area contributed by atoms with E-state index in [2.05, 4.69) is 67.6 Å². The minimum Gasteiger partial charge on any atom is -0.192 e. The van der Waals surface area contributed by atoms with Crippen LogP contribution < -0.4 is 0 Å². The van der Waals surface area contributed by atoms with Gasteiger partial charge in [-0.1, -0.05) is 60.2 Å². The fourth-order valence-corrected chi connectivity index (χ4v) is 3.84. The third-order valence-corrected chi connectivity index (χ3v) is 5.61. The molecule has 1 aliphatic rings. The predicted molar refractivity (Wildman–Crippen MR) is 114 cm³/mol. The van der Waals surface area contributed by atoms with Crippen molar-refractivity contribution in [2.75, 3.05) is 0 Å². The lowest BCUT2D eigenvalue weighted by Crippen LogP contribution is -2.04. The topological polar surface area (TPSA) is 23.8 Å². The summed E-state index contributed by atoms with van der Waals surface area (Å²) < 4.78 is 0. The van der Waals surface area contributed by atoms with Crippen molar-refractivity contribution >= 4 is 0 Å². The van der Waals surface area contributed by atoms with Gasteiger partial charge in [-0.15, -0.1) is 0 Å². The minimum absolute atomic E-state index is 0.683. The maximum Gasteiger partial charge on any atom is 0.0991 e. The summed E-state index contributed by atoms with van der Waals surface area (Å²) in [6.07, 6.45) is 15.1. The van der Waals surface area contributed by atoms with Gasteiger partial charge in [0.05, 0.1) is 11.6 Å². The molecule has 1 atom stereocenters. The summed E-state index contributed by atoms with van der Waals surface area (Å²) in [7, 11) is 0. The molecule has 1 unspecified atom stereocenters. The van der Waals surface area contributed by atoms with E-state index in [4.69, 9.17) is 5.26 Å². The molecular weight excluding hydrogens is 326 g/mol. The van der Waals surface area contributed by atoms with Crippen LogP contribution in [-0.4, -0.2) is 0 Å².